The molecule has 1 fully saturated rings. The SMILES string of the molecule is CN1CCN(c2ccc(C(=O)Nc3cnc4c(c3)C(=Cc3[nH]c(-c5ccccc5)nc3O)C=N4)cc2)CC1. The number of H-pyrrole nitrogens is 1. The van der Waals surface area contributed by atoms with E-state index in [-0.39, 0.29) is 11.8 Å². The van der Waals surface area contributed by atoms with Gasteiger partial charge in [0.15, 0.2) is 5.82 Å². The van der Waals surface area contributed by atoms with Crippen LogP contribution in [0.15, 0.2) is 71.9 Å². The van der Waals surface area contributed by atoms with Gasteiger partial charge in [0.05, 0.1) is 11.9 Å². The van der Waals surface area contributed by atoms with Gasteiger partial charge in [-0.1, -0.05) is 30.3 Å². The normalized spacial score (nSPS) is 16.1. The zero-order valence-corrected chi connectivity index (χ0v) is 20.9. The van der Waals surface area contributed by atoms with Gasteiger partial charge in [-0.25, -0.2) is 9.98 Å². The molecular weight excluding hydrogens is 478 g/mol. The molecule has 3 N–H and O–H groups in total. The first kappa shape index (κ1) is 23.6. The fourth-order valence-electron chi connectivity index (χ4n) is 4.61. The van der Waals surface area contributed by atoms with Crippen LogP contribution in [0.25, 0.3) is 23.0 Å². The van der Waals surface area contributed by atoms with Gasteiger partial charge < -0.3 is 25.2 Å². The predicted octanol–water partition coefficient (Wildman–Crippen LogP) is 4.44. The van der Waals surface area contributed by atoms with Crippen LogP contribution < -0.4 is 10.2 Å². The van der Waals surface area contributed by atoms with E-state index in [0.717, 1.165) is 48.6 Å². The van der Waals surface area contributed by atoms with Gasteiger partial charge in [0.25, 0.3) is 5.91 Å². The third kappa shape index (κ3) is 4.79. The van der Waals surface area contributed by atoms with E-state index in [4.69, 9.17) is 0 Å². The lowest BCUT2D eigenvalue weighted by Gasteiger charge is -2.34. The maximum absolute atomic E-state index is 12.9. The number of anilines is 2. The molecule has 9 nitrogen and oxygen atoms in total. The summed E-state index contributed by atoms with van der Waals surface area (Å²) in [5.41, 5.74) is 5.10. The topological polar surface area (TPSA) is 110 Å². The van der Waals surface area contributed by atoms with E-state index in [2.05, 4.69) is 42.1 Å². The van der Waals surface area contributed by atoms with E-state index >= 15 is 0 Å². The van der Waals surface area contributed by atoms with Crippen LogP contribution >= 0.6 is 0 Å². The van der Waals surface area contributed by atoms with Crippen LogP contribution in [0.5, 0.6) is 5.88 Å². The number of piperazine rings is 1. The van der Waals surface area contributed by atoms with Gasteiger partial charge in [0, 0.05) is 60.3 Å². The van der Waals surface area contributed by atoms with E-state index in [9.17, 15) is 9.90 Å². The van der Waals surface area contributed by atoms with Crippen LogP contribution in [-0.2, 0) is 0 Å². The maximum Gasteiger partial charge on any atom is 0.255 e. The highest BCUT2D eigenvalue weighted by Gasteiger charge is 2.19. The lowest BCUT2D eigenvalue weighted by molar-refractivity contribution is 0.102. The number of amides is 1. The van der Waals surface area contributed by atoms with Crippen molar-refractivity contribution in [3.63, 3.8) is 0 Å². The average molecular weight is 506 g/mol. The predicted molar refractivity (Wildman–Crippen MR) is 150 cm³/mol. The molecule has 190 valence electrons. The van der Waals surface area contributed by atoms with E-state index in [1.807, 2.05) is 60.7 Å². The Labute approximate surface area is 220 Å². The fourth-order valence-corrected chi connectivity index (χ4v) is 4.61. The van der Waals surface area contributed by atoms with E-state index < -0.39 is 0 Å². The molecule has 38 heavy (non-hydrogen) atoms. The van der Waals surface area contributed by atoms with Crippen molar-refractivity contribution in [1.82, 2.24) is 19.9 Å². The summed E-state index contributed by atoms with van der Waals surface area (Å²) in [4.78, 5) is 33.8. The molecule has 0 radical (unpaired) electrons. The summed E-state index contributed by atoms with van der Waals surface area (Å²) in [5, 5.41) is 13.3. The molecule has 0 unspecified atom stereocenters. The molecule has 4 heterocycles. The summed E-state index contributed by atoms with van der Waals surface area (Å²) in [6, 6.07) is 19.1. The van der Waals surface area contributed by atoms with Crippen molar-refractivity contribution in [3.8, 4) is 17.3 Å². The molecule has 1 amide bonds. The Morgan fingerprint density at radius 1 is 1.05 bits per heavy atom. The molecule has 0 saturated carbocycles. The van der Waals surface area contributed by atoms with Crippen LogP contribution in [0.4, 0.5) is 17.2 Å². The van der Waals surface area contributed by atoms with Gasteiger partial charge in [-0.15, -0.1) is 0 Å². The van der Waals surface area contributed by atoms with Crippen LogP contribution in [-0.4, -0.2) is 70.3 Å². The number of carbonyl (C=O) groups excluding carboxylic acids is 1. The number of imidazole rings is 1. The molecule has 4 aromatic rings. The molecule has 2 aromatic carbocycles. The van der Waals surface area contributed by atoms with Crippen molar-refractivity contribution in [2.75, 3.05) is 43.4 Å². The van der Waals surface area contributed by atoms with E-state index in [1.165, 1.54) is 0 Å². The van der Waals surface area contributed by atoms with Gasteiger partial charge in [-0.2, -0.15) is 4.98 Å². The van der Waals surface area contributed by atoms with Crippen molar-refractivity contribution in [2.24, 2.45) is 4.99 Å². The number of aromatic hydroxyl groups is 1. The number of nitrogens with one attached hydrogen (secondary N) is 2. The molecule has 2 aliphatic heterocycles. The monoisotopic (exact) mass is 505 g/mol. The minimum atomic E-state index is -0.208. The Balaban J connectivity index is 1.18. The summed E-state index contributed by atoms with van der Waals surface area (Å²) >= 11 is 0. The number of aliphatic imine (C=N–C) groups is 1. The summed E-state index contributed by atoms with van der Waals surface area (Å²) in [6.45, 7) is 4.01. The molecule has 0 bridgehead atoms. The van der Waals surface area contributed by atoms with Crippen molar-refractivity contribution >= 4 is 41.0 Å². The number of fused-ring (bicyclic) bond motifs is 1. The zero-order chi connectivity index (χ0) is 26.1. The zero-order valence-electron chi connectivity index (χ0n) is 20.9. The minimum Gasteiger partial charge on any atom is -0.492 e. The summed E-state index contributed by atoms with van der Waals surface area (Å²) in [7, 11) is 2.13. The van der Waals surface area contributed by atoms with E-state index in [1.54, 1.807) is 18.5 Å². The lowest BCUT2D eigenvalue weighted by atomic mass is 10.1. The van der Waals surface area contributed by atoms with Gasteiger partial charge in [0.2, 0.25) is 5.88 Å². The smallest absolute Gasteiger partial charge is 0.255 e. The number of carbonyl (C=O) groups is 1. The van der Waals surface area contributed by atoms with Gasteiger partial charge in [0.1, 0.15) is 11.5 Å². The fraction of sp³-hybridized carbons (Fsp3) is 0.172. The van der Waals surface area contributed by atoms with Gasteiger partial charge in [-0.3, -0.25) is 4.79 Å². The second-order valence-electron chi connectivity index (χ2n) is 9.43. The number of aromatic amines is 1. The number of aromatic nitrogens is 3. The first-order valence-electron chi connectivity index (χ1n) is 12.5. The Bertz CT molecular complexity index is 1530. The highest BCUT2D eigenvalue weighted by atomic mass is 16.3. The lowest BCUT2D eigenvalue weighted by Crippen LogP contribution is -2.44. The number of allylic oxidation sites excluding steroid dienone is 1. The van der Waals surface area contributed by atoms with Crippen LogP contribution in [0.1, 0.15) is 21.6 Å². The number of benzene rings is 2. The molecule has 6 rings (SSSR count). The first-order chi connectivity index (χ1) is 18.5. The Morgan fingerprint density at radius 2 is 1.82 bits per heavy atom. The standard InChI is InChI=1S/C29H27N7O2/c1-35-11-13-36(14-12-35)23-9-7-20(8-10-23)28(37)32-22-16-24-21(17-30-27(24)31-18-22)15-25-29(38)34-26(33-25)19-5-3-2-4-6-19/h2-10,15-18,38H,11-14H2,1H3,(H,32,37)(H,33,34). The summed E-state index contributed by atoms with van der Waals surface area (Å²) in [6.07, 6.45) is 5.05. The Hall–Kier alpha value is -4.76. The quantitative estimate of drug-likeness (QED) is 0.370. The maximum atomic E-state index is 12.9. The summed E-state index contributed by atoms with van der Waals surface area (Å²) in [5.74, 6) is 0.812. The third-order valence-electron chi connectivity index (χ3n) is 6.82. The highest BCUT2D eigenvalue weighted by molar-refractivity contribution is 6.21. The highest BCUT2D eigenvalue weighted by Crippen LogP contribution is 2.34. The van der Waals surface area contributed by atoms with Crippen LogP contribution in [0, 0.1) is 0 Å². The van der Waals surface area contributed by atoms with Gasteiger partial charge >= 0.3 is 0 Å². The summed E-state index contributed by atoms with van der Waals surface area (Å²) < 4.78 is 0. The Kier molecular flexibility index (Phi) is 6.19. The minimum absolute atomic E-state index is 0.101. The molecule has 0 spiro atoms. The first-order valence-corrected chi connectivity index (χ1v) is 12.5. The van der Waals surface area contributed by atoms with Crippen molar-refractivity contribution in [3.05, 3.63) is 83.7 Å². The van der Waals surface area contributed by atoms with Crippen molar-refractivity contribution in [2.45, 2.75) is 0 Å². The molecule has 9 heteroatoms. The molecule has 0 atom stereocenters. The van der Waals surface area contributed by atoms with Gasteiger partial charge in [-0.05, 0) is 43.5 Å². The number of hydrogen-bond acceptors (Lipinski definition) is 7. The molecular formula is C29H27N7O2. The number of nitrogens with zero attached hydrogens (tertiary/aromatic N) is 5. The molecule has 2 aromatic heterocycles. The third-order valence-corrected chi connectivity index (χ3v) is 6.82. The van der Waals surface area contributed by atoms with Crippen molar-refractivity contribution in [1.29, 1.82) is 0 Å². The van der Waals surface area contributed by atoms with Crippen LogP contribution in [0.2, 0.25) is 0 Å². The second kappa shape index (κ2) is 9.95. The van der Waals surface area contributed by atoms with Crippen LogP contribution in [0.3, 0.4) is 0 Å². The number of rotatable bonds is 5. The molecule has 1 saturated heterocycles. The average Bonchev–Trinajstić information content (AvgIpc) is 3.52. The number of hydrogen-bond donors (Lipinski definition) is 3. The Morgan fingerprint density at radius 3 is 2.58 bits per heavy atom. The number of likely N-dealkylation sites (N-methyl/N-ethyl adjacent to an activating group) is 1. The van der Waals surface area contributed by atoms with Crippen molar-refractivity contribution < 1.29 is 9.90 Å². The number of pyridine rings is 1. The molecule has 0 aliphatic carbocycles. The molecule has 2 aliphatic rings. The largest absolute Gasteiger partial charge is 0.492 e. The van der Waals surface area contributed by atoms with E-state index in [0.29, 0.717) is 28.6 Å². The second-order valence-corrected chi connectivity index (χ2v) is 9.43.